The lowest BCUT2D eigenvalue weighted by Crippen LogP contribution is -2.41. The van der Waals surface area contributed by atoms with Gasteiger partial charge in [-0.2, -0.15) is 0 Å². The number of rotatable bonds is 5. The number of carbonyl (C=O) groups excluding carboxylic acids is 2. The summed E-state index contributed by atoms with van der Waals surface area (Å²) in [5.74, 6) is -0.264. The molecule has 1 atom stereocenters. The Morgan fingerprint density at radius 1 is 1.36 bits per heavy atom. The first-order chi connectivity index (χ1) is 10.5. The number of hydrogen-bond acceptors (Lipinski definition) is 3. The van der Waals surface area contributed by atoms with E-state index in [1.54, 1.807) is 18.2 Å². The molecular formula is C15H18Cl2N2O3. The van der Waals surface area contributed by atoms with Gasteiger partial charge in [-0.05, 0) is 31.0 Å². The first-order valence-electron chi connectivity index (χ1n) is 7.11. The van der Waals surface area contributed by atoms with Gasteiger partial charge in [0.15, 0.2) is 0 Å². The van der Waals surface area contributed by atoms with E-state index < -0.39 is 0 Å². The molecule has 1 heterocycles. The zero-order valence-corrected chi connectivity index (χ0v) is 13.8. The summed E-state index contributed by atoms with van der Waals surface area (Å²) < 4.78 is 5.31. The van der Waals surface area contributed by atoms with Crippen LogP contribution >= 0.6 is 23.2 Å². The molecule has 0 radical (unpaired) electrons. The Hall–Kier alpha value is -1.30. The third kappa shape index (κ3) is 4.35. The van der Waals surface area contributed by atoms with E-state index in [0.717, 1.165) is 12.8 Å². The maximum absolute atomic E-state index is 11.9. The van der Waals surface area contributed by atoms with Crippen molar-refractivity contribution in [3.8, 4) is 0 Å². The maximum Gasteiger partial charge on any atom is 0.249 e. The molecule has 1 saturated heterocycles. The number of anilines is 1. The van der Waals surface area contributed by atoms with Gasteiger partial charge in [-0.25, -0.2) is 0 Å². The first-order valence-corrected chi connectivity index (χ1v) is 7.87. The second-order valence-corrected chi connectivity index (χ2v) is 5.88. The van der Waals surface area contributed by atoms with E-state index in [1.165, 1.54) is 11.8 Å². The molecule has 1 aromatic carbocycles. The average molecular weight is 345 g/mol. The van der Waals surface area contributed by atoms with Gasteiger partial charge in [0, 0.05) is 32.3 Å². The molecule has 0 spiro atoms. The van der Waals surface area contributed by atoms with Crippen molar-refractivity contribution in [2.45, 2.75) is 25.9 Å². The van der Waals surface area contributed by atoms with Crippen molar-refractivity contribution in [3.05, 3.63) is 28.2 Å². The summed E-state index contributed by atoms with van der Waals surface area (Å²) in [5, 5.41) is 3.60. The van der Waals surface area contributed by atoms with Crippen molar-refractivity contribution >= 4 is 40.7 Å². The van der Waals surface area contributed by atoms with Crippen LogP contribution in [-0.4, -0.2) is 37.6 Å². The third-order valence-electron chi connectivity index (χ3n) is 3.45. The predicted molar refractivity (Wildman–Crippen MR) is 86.5 cm³/mol. The van der Waals surface area contributed by atoms with Crippen LogP contribution in [0.25, 0.3) is 0 Å². The minimum absolute atomic E-state index is 0.129. The van der Waals surface area contributed by atoms with E-state index >= 15 is 0 Å². The lowest BCUT2D eigenvalue weighted by atomic mass is 10.2. The van der Waals surface area contributed by atoms with Gasteiger partial charge in [0.2, 0.25) is 11.8 Å². The number of hydrogen-bond donors (Lipinski definition) is 1. The van der Waals surface area contributed by atoms with Crippen LogP contribution in [0.4, 0.5) is 5.69 Å². The van der Waals surface area contributed by atoms with Crippen molar-refractivity contribution in [1.82, 2.24) is 5.32 Å². The van der Waals surface area contributed by atoms with E-state index in [0.29, 0.717) is 35.4 Å². The lowest BCUT2D eigenvalue weighted by Gasteiger charge is -2.22. The number of ether oxygens (including phenoxy) is 1. The molecule has 1 fully saturated rings. The second-order valence-electron chi connectivity index (χ2n) is 5.06. The molecule has 0 bridgehead atoms. The highest BCUT2D eigenvalue weighted by atomic mass is 35.5. The van der Waals surface area contributed by atoms with Crippen molar-refractivity contribution < 1.29 is 14.3 Å². The number of amides is 2. The molecule has 1 aliphatic rings. The van der Waals surface area contributed by atoms with E-state index in [2.05, 4.69) is 5.32 Å². The summed E-state index contributed by atoms with van der Waals surface area (Å²) in [4.78, 5) is 25.2. The quantitative estimate of drug-likeness (QED) is 0.893. The molecule has 120 valence electrons. The fourth-order valence-electron chi connectivity index (χ4n) is 2.31. The predicted octanol–water partition coefficient (Wildman–Crippen LogP) is 2.64. The average Bonchev–Trinajstić information content (AvgIpc) is 3.00. The maximum atomic E-state index is 11.9. The molecule has 0 aromatic heterocycles. The summed E-state index contributed by atoms with van der Waals surface area (Å²) in [6.07, 6.45) is 1.28. The van der Waals surface area contributed by atoms with Crippen molar-refractivity contribution in [2.24, 2.45) is 0 Å². The highest BCUT2D eigenvalue weighted by molar-refractivity contribution is 6.42. The van der Waals surface area contributed by atoms with Crippen LogP contribution in [0.3, 0.4) is 0 Å². The molecule has 1 aromatic rings. The molecule has 7 heteroatoms. The van der Waals surface area contributed by atoms with Crippen LogP contribution in [-0.2, 0) is 14.3 Å². The van der Waals surface area contributed by atoms with Gasteiger partial charge < -0.3 is 15.0 Å². The van der Waals surface area contributed by atoms with E-state index in [9.17, 15) is 9.59 Å². The topological polar surface area (TPSA) is 58.6 Å². The first kappa shape index (κ1) is 17.1. The van der Waals surface area contributed by atoms with Crippen molar-refractivity contribution in [3.63, 3.8) is 0 Å². The Balaban J connectivity index is 1.93. The minimum Gasteiger partial charge on any atom is -0.368 e. The Bertz CT molecular complexity index is 560. The van der Waals surface area contributed by atoms with E-state index in [1.807, 2.05) is 0 Å². The summed E-state index contributed by atoms with van der Waals surface area (Å²) in [6, 6.07) is 4.99. The van der Waals surface area contributed by atoms with Crippen LogP contribution in [0.1, 0.15) is 19.8 Å². The summed E-state index contributed by atoms with van der Waals surface area (Å²) >= 11 is 11.9. The van der Waals surface area contributed by atoms with Gasteiger partial charge in [0.25, 0.3) is 0 Å². The highest BCUT2D eigenvalue weighted by Gasteiger charge is 2.23. The fraction of sp³-hybridized carbons (Fsp3) is 0.467. The van der Waals surface area contributed by atoms with Gasteiger partial charge in [0.05, 0.1) is 10.0 Å². The molecule has 0 aliphatic carbocycles. The normalized spacial score (nSPS) is 17.3. The number of nitrogens with one attached hydrogen (secondary N) is 1. The standard InChI is InChI=1S/C15H18Cl2N2O3/c1-10(20)19(11-4-5-12(16)13(17)9-11)7-6-18-15(21)14-3-2-8-22-14/h4-5,9,14H,2-3,6-8H2,1H3,(H,18,21). The lowest BCUT2D eigenvalue weighted by molar-refractivity contribution is -0.130. The Morgan fingerprint density at radius 2 is 2.14 bits per heavy atom. The van der Waals surface area contributed by atoms with Gasteiger partial charge >= 0.3 is 0 Å². The molecule has 5 nitrogen and oxygen atoms in total. The summed E-state index contributed by atoms with van der Waals surface area (Å²) in [7, 11) is 0. The minimum atomic E-state index is -0.365. The van der Waals surface area contributed by atoms with E-state index in [4.69, 9.17) is 27.9 Å². The van der Waals surface area contributed by atoms with Gasteiger partial charge in [0.1, 0.15) is 6.10 Å². The van der Waals surface area contributed by atoms with Crippen LogP contribution in [0, 0.1) is 0 Å². The van der Waals surface area contributed by atoms with Crippen LogP contribution in [0.15, 0.2) is 18.2 Å². The van der Waals surface area contributed by atoms with Crippen molar-refractivity contribution in [1.29, 1.82) is 0 Å². The molecule has 1 N–H and O–H groups in total. The molecule has 1 aliphatic heterocycles. The summed E-state index contributed by atoms with van der Waals surface area (Å²) in [6.45, 7) is 2.79. The number of carbonyl (C=O) groups is 2. The molecule has 2 amide bonds. The van der Waals surface area contributed by atoms with Gasteiger partial charge in [-0.15, -0.1) is 0 Å². The zero-order chi connectivity index (χ0) is 16.1. The largest absolute Gasteiger partial charge is 0.368 e. The molecule has 22 heavy (non-hydrogen) atoms. The highest BCUT2D eigenvalue weighted by Crippen LogP contribution is 2.27. The Kier molecular flexibility index (Phi) is 6.06. The molecule has 0 saturated carbocycles. The number of nitrogens with zero attached hydrogens (tertiary/aromatic N) is 1. The van der Waals surface area contributed by atoms with Crippen LogP contribution in [0.2, 0.25) is 10.0 Å². The van der Waals surface area contributed by atoms with Crippen molar-refractivity contribution in [2.75, 3.05) is 24.6 Å². The molecule has 2 rings (SSSR count). The molecule has 1 unspecified atom stereocenters. The second kappa shape index (κ2) is 7.81. The smallest absolute Gasteiger partial charge is 0.249 e. The SMILES string of the molecule is CC(=O)N(CCNC(=O)C1CCCO1)c1ccc(Cl)c(Cl)c1. The van der Waals surface area contributed by atoms with Crippen LogP contribution in [0.5, 0.6) is 0 Å². The molecular weight excluding hydrogens is 327 g/mol. The fourth-order valence-corrected chi connectivity index (χ4v) is 2.60. The number of halogens is 2. The zero-order valence-electron chi connectivity index (χ0n) is 12.3. The van der Waals surface area contributed by atoms with Gasteiger partial charge in [-0.3, -0.25) is 9.59 Å². The van der Waals surface area contributed by atoms with E-state index in [-0.39, 0.29) is 17.9 Å². The number of benzene rings is 1. The Labute approximate surface area is 139 Å². The van der Waals surface area contributed by atoms with Crippen LogP contribution < -0.4 is 10.2 Å². The third-order valence-corrected chi connectivity index (χ3v) is 4.19. The summed E-state index contributed by atoms with van der Waals surface area (Å²) in [5.41, 5.74) is 0.647. The monoisotopic (exact) mass is 344 g/mol. The Morgan fingerprint density at radius 3 is 2.73 bits per heavy atom. The van der Waals surface area contributed by atoms with Gasteiger partial charge in [-0.1, -0.05) is 23.2 Å².